The Morgan fingerprint density at radius 2 is 2.23 bits per heavy atom. The van der Waals surface area contributed by atoms with E-state index < -0.39 is 0 Å². The number of carbonyl (C=O) groups is 1. The molecule has 0 spiro atoms. The minimum atomic E-state index is 0.762. The molecule has 1 rings (SSSR count). The molecule has 0 N–H and O–H groups in total. The molecular formula is C9H14N2OS. The molecule has 0 fully saturated rings. The molecule has 72 valence electrons. The zero-order valence-electron chi connectivity index (χ0n) is 8.20. The smallest absolute Gasteiger partial charge is 0.185 e. The maximum absolute atomic E-state index is 10.7. The Kier molecular flexibility index (Phi) is 3.42. The van der Waals surface area contributed by atoms with Crippen molar-refractivity contribution in [1.82, 2.24) is 4.98 Å². The van der Waals surface area contributed by atoms with E-state index in [9.17, 15) is 4.79 Å². The number of aromatic nitrogens is 1. The van der Waals surface area contributed by atoms with Crippen LogP contribution < -0.4 is 4.90 Å². The summed E-state index contributed by atoms with van der Waals surface area (Å²) in [4.78, 5) is 17.8. The zero-order chi connectivity index (χ0) is 9.84. The van der Waals surface area contributed by atoms with Gasteiger partial charge < -0.3 is 4.90 Å². The number of carbonyl (C=O) groups excluding carboxylic acids is 1. The van der Waals surface area contributed by atoms with E-state index >= 15 is 0 Å². The standard InChI is InChI=1S/C9H14N2OS/c1-4-7-8(6-12)13-9(10-7)11(3)5-2/h6H,4-5H2,1-3H3. The van der Waals surface area contributed by atoms with Gasteiger partial charge in [-0.25, -0.2) is 4.98 Å². The van der Waals surface area contributed by atoms with Crippen LogP contribution in [0.5, 0.6) is 0 Å². The lowest BCUT2D eigenvalue weighted by molar-refractivity contribution is 0.112. The number of aryl methyl sites for hydroxylation is 1. The van der Waals surface area contributed by atoms with Crippen LogP contribution in [0.15, 0.2) is 0 Å². The Bertz CT molecular complexity index is 296. The molecular weight excluding hydrogens is 184 g/mol. The Hall–Kier alpha value is -0.900. The number of aldehydes is 1. The molecule has 0 unspecified atom stereocenters. The van der Waals surface area contributed by atoms with Gasteiger partial charge in [-0.2, -0.15) is 0 Å². The summed E-state index contributed by atoms with van der Waals surface area (Å²) in [5, 5.41) is 0.932. The van der Waals surface area contributed by atoms with E-state index in [1.54, 1.807) is 0 Å². The quantitative estimate of drug-likeness (QED) is 0.693. The minimum absolute atomic E-state index is 0.762. The van der Waals surface area contributed by atoms with E-state index in [4.69, 9.17) is 0 Å². The van der Waals surface area contributed by atoms with Crippen LogP contribution >= 0.6 is 11.3 Å². The molecule has 1 aromatic rings. The van der Waals surface area contributed by atoms with E-state index in [1.165, 1.54) is 11.3 Å². The van der Waals surface area contributed by atoms with Crippen LogP contribution in [0.1, 0.15) is 29.2 Å². The van der Waals surface area contributed by atoms with E-state index in [1.807, 2.05) is 18.9 Å². The molecule has 0 amide bonds. The molecule has 0 radical (unpaired) electrons. The summed E-state index contributed by atoms with van der Waals surface area (Å²) in [5.41, 5.74) is 0.912. The molecule has 4 heteroatoms. The molecule has 1 heterocycles. The number of rotatable bonds is 4. The van der Waals surface area contributed by atoms with Gasteiger partial charge in [-0.3, -0.25) is 4.79 Å². The Morgan fingerprint density at radius 1 is 1.54 bits per heavy atom. The Balaban J connectivity index is 2.98. The molecule has 0 saturated heterocycles. The monoisotopic (exact) mass is 198 g/mol. The van der Waals surface area contributed by atoms with Crippen LogP contribution in [-0.4, -0.2) is 24.9 Å². The Labute approximate surface area is 82.4 Å². The van der Waals surface area contributed by atoms with Gasteiger partial charge in [-0.1, -0.05) is 18.3 Å². The van der Waals surface area contributed by atoms with Gasteiger partial charge in [0.05, 0.1) is 10.6 Å². The number of anilines is 1. The van der Waals surface area contributed by atoms with Gasteiger partial charge in [0.25, 0.3) is 0 Å². The molecule has 3 nitrogen and oxygen atoms in total. The highest BCUT2D eigenvalue weighted by Crippen LogP contribution is 2.24. The van der Waals surface area contributed by atoms with Crippen molar-refractivity contribution in [1.29, 1.82) is 0 Å². The van der Waals surface area contributed by atoms with Crippen molar-refractivity contribution in [2.24, 2.45) is 0 Å². The number of hydrogen-bond donors (Lipinski definition) is 0. The largest absolute Gasteiger partial charge is 0.351 e. The predicted molar refractivity (Wildman–Crippen MR) is 55.8 cm³/mol. The van der Waals surface area contributed by atoms with Gasteiger partial charge in [0.1, 0.15) is 0 Å². The second kappa shape index (κ2) is 4.37. The molecule has 0 aliphatic carbocycles. The number of nitrogens with zero attached hydrogens (tertiary/aromatic N) is 2. The minimum Gasteiger partial charge on any atom is -0.351 e. The SMILES string of the molecule is CCc1nc(N(C)CC)sc1C=O. The highest BCUT2D eigenvalue weighted by Gasteiger charge is 2.10. The maximum Gasteiger partial charge on any atom is 0.185 e. The van der Waals surface area contributed by atoms with E-state index in [0.717, 1.165) is 35.0 Å². The first-order chi connectivity index (χ1) is 6.22. The van der Waals surface area contributed by atoms with Gasteiger partial charge >= 0.3 is 0 Å². The first-order valence-corrected chi connectivity index (χ1v) is 5.20. The van der Waals surface area contributed by atoms with E-state index in [0.29, 0.717) is 0 Å². The van der Waals surface area contributed by atoms with Crippen LogP contribution in [0.3, 0.4) is 0 Å². The number of thiazole rings is 1. The summed E-state index contributed by atoms with van der Waals surface area (Å²) in [5.74, 6) is 0. The molecule has 0 aromatic carbocycles. The van der Waals surface area contributed by atoms with Crippen molar-refractivity contribution in [3.05, 3.63) is 10.6 Å². The highest BCUT2D eigenvalue weighted by atomic mass is 32.1. The number of hydrogen-bond acceptors (Lipinski definition) is 4. The van der Waals surface area contributed by atoms with Crippen LogP contribution in [0, 0.1) is 0 Å². The second-order valence-electron chi connectivity index (χ2n) is 2.79. The topological polar surface area (TPSA) is 33.2 Å². The van der Waals surface area contributed by atoms with Gasteiger partial charge in [0, 0.05) is 13.6 Å². The molecule has 13 heavy (non-hydrogen) atoms. The van der Waals surface area contributed by atoms with Crippen molar-refractivity contribution in [2.75, 3.05) is 18.5 Å². The molecule has 0 aliphatic rings. The summed E-state index contributed by atoms with van der Waals surface area (Å²) in [6, 6.07) is 0. The molecule has 0 bridgehead atoms. The average molecular weight is 198 g/mol. The van der Waals surface area contributed by atoms with Gasteiger partial charge in [-0.05, 0) is 13.3 Å². The summed E-state index contributed by atoms with van der Waals surface area (Å²) in [6.07, 6.45) is 1.71. The predicted octanol–water partition coefficient (Wildman–Crippen LogP) is 1.97. The zero-order valence-corrected chi connectivity index (χ0v) is 9.02. The van der Waals surface area contributed by atoms with Crippen LogP contribution in [-0.2, 0) is 6.42 Å². The summed E-state index contributed by atoms with van der Waals surface area (Å²) in [6.45, 7) is 4.99. The van der Waals surface area contributed by atoms with Crippen LogP contribution in [0.25, 0.3) is 0 Å². The lowest BCUT2D eigenvalue weighted by Crippen LogP contribution is -2.15. The van der Waals surface area contributed by atoms with Crippen molar-refractivity contribution in [2.45, 2.75) is 20.3 Å². The van der Waals surface area contributed by atoms with Crippen molar-refractivity contribution in [3.8, 4) is 0 Å². The van der Waals surface area contributed by atoms with Crippen LogP contribution in [0.4, 0.5) is 5.13 Å². The molecule has 0 aliphatic heterocycles. The van der Waals surface area contributed by atoms with Gasteiger partial charge in [0.15, 0.2) is 11.4 Å². The second-order valence-corrected chi connectivity index (χ2v) is 3.80. The summed E-state index contributed by atoms with van der Waals surface area (Å²) < 4.78 is 0. The van der Waals surface area contributed by atoms with Gasteiger partial charge in [0.2, 0.25) is 0 Å². The fourth-order valence-corrected chi connectivity index (χ4v) is 1.99. The first kappa shape index (κ1) is 10.2. The highest BCUT2D eigenvalue weighted by molar-refractivity contribution is 7.17. The van der Waals surface area contributed by atoms with E-state index in [2.05, 4.69) is 11.9 Å². The van der Waals surface area contributed by atoms with Crippen molar-refractivity contribution < 1.29 is 4.79 Å². The lowest BCUT2D eigenvalue weighted by atomic mass is 10.3. The molecule has 1 aromatic heterocycles. The average Bonchev–Trinajstić information content (AvgIpc) is 2.59. The normalized spacial score (nSPS) is 10.1. The van der Waals surface area contributed by atoms with Crippen LogP contribution in [0.2, 0.25) is 0 Å². The fourth-order valence-electron chi connectivity index (χ4n) is 0.995. The third-order valence-electron chi connectivity index (χ3n) is 1.96. The first-order valence-electron chi connectivity index (χ1n) is 4.38. The fraction of sp³-hybridized carbons (Fsp3) is 0.556. The third kappa shape index (κ3) is 2.06. The van der Waals surface area contributed by atoms with Gasteiger partial charge in [-0.15, -0.1) is 0 Å². The molecule has 0 saturated carbocycles. The summed E-state index contributed by atoms with van der Waals surface area (Å²) in [7, 11) is 1.98. The summed E-state index contributed by atoms with van der Waals surface area (Å²) >= 11 is 1.46. The third-order valence-corrected chi connectivity index (χ3v) is 3.10. The Morgan fingerprint density at radius 3 is 2.62 bits per heavy atom. The van der Waals surface area contributed by atoms with E-state index in [-0.39, 0.29) is 0 Å². The van der Waals surface area contributed by atoms with Crippen molar-refractivity contribution in [3.63, 3.8) is 0 Å². The maximum atomic E-state index is 10.7. The lowest BCUT2D eigenvalue weighted by Gasteiger charge is -2.10. The van der Waals surface area contributed by atoms with Crippen molar-refractivity contribution >= 4 is 22.8 Å². The molecule has 0 atom stereocenters.